The quantitative estimate of drug-likeness (QED) is 0.122. The molecule has 1 amide bonds. The molecular formula is C34H40N4O4. The molecule has 8 heteroatoms. The molecule has 0 radical (unpaired) electrons. The Morgan fingerprint density at radius 3 is 2.19 bits per heavy atom. The van der Waals surface area contributed by atoms with E-state index < -0.39 is 17.5 Å². The van der Waals surface area contributed by atoms with Gasteiger partial charge in [0.2, 0.25) is 0 Å². The smallest absolute Gasteiger partial charge is 0.343 e. The van der Waals surface area contributed by atoms with E-state index in [4.69, 9.17) is 4.42 Å². The van der Waals surface area contributed by atoms with E-state index in [1.165, 1.54) is 0 Å². The van der Waals surface area contributed by atoms with Crippen LogP contribution in [0.25, 0.3) is 11.0 Å². The highest BCUT2D eigenvalue weighted by molar-refractivity contribution is 5.95. The van der Waals surface area contributed by atoms with Gasteiger partial charge in [0, 0.05) is 55.1 Å². The molecule has 0 bridgehead atoms. The number of carbonyl (C=O) groups excluding carboxylic acids is 1. The summed E-state index contributed by atoms with van der Waals surface area (Å²) in [5, 5.41) is 16.6. The van der Waals surface area contributed by atoms with Gasteiger partial charge in [0.25, 0.3) is 5.91 Å². The van der Waals surface area contributed by atoms with Gasteiger partial charge in [-0.2, -0.15) is 5.10 Å². The number of amides is 1. The van der Waals surface area contributed by atoms with Crippen molar-refractivity contribution in [2.45, 2.75) is 40.5 Å². The fourth-order valence-electron chi connectivity index (χ4n) is 5.49. The van der Waals surface area contributed by atoms with Gasteiger partial charge in [0.1, 0.15) is 11.3 Å². The van der Waals surface area contributed by atoms with Crippen LogP contribution < -0.4 is 11.1 Å². The summed E-state index contributed by atoms with van der Waals surface area (Å²) in [4.78, 5) is 32.9. The SMILES string of the molecule is C/C(=N\NC(=O)c1ccncc1)[C@H](CN(CC(C)C)CC(C)C)[C@H](c1ccccc1)c1c(O)c2ccccc2oc1=O. The van der Waals surface area contributed by atoms with Crippen molar-refractivity contribution in [3.63, 3.8) is 0 Å². The third kappa shape index (κ3) is 7.50. The van der Waals surface area contributed by atoms with Crippen molar-refractivity contribution >= 4 is 22.6 Å². The standard InChI is InChI=1S/C34H40N4O4/c1-22(2)19-38(20-23(3)4)21-28(24(5)36-37-33(40)26-15-17-35-18-16-26)30(25-11-7-6-8-12-25)31-32(39)27-13-9-10-14-29(27)42-34(31)41/h6-18,22-23,28,30,39H,19-21H2,1-5H3,(H,37,40)/b36-24+/t28-,30-/m0/s1. The summed E-state index contributed by atoms with van der Waals surface area (Å²) < 4.78 is 5.75. The van der Waals surface area contributed by atoms with Crippen LogP contribution in [0.15, 0.2) is 93.4 Å². The Balaban J connectivity index is 1.88. The first kappa shape index (κ1) is 30.7. The third-order valence-electron chi connectivity index (χ3n) is 7.21. The molecule has 0 fully saturated rings. The highest BCUT2D eigenvalue weighted by Crippen LogP contribution is 2.39. The molecule has 2 aromatic heterocycles. The zero-order valence-electron chi connectivity index (χ0n) is 24.9. The second-order valence-corrected chi connectivity index (χ2v) is 11.6. The molecule has 2 heterocycles. The van der Waals surface area contributed by atoms with E-state index >= 15 is 0 Å². The van der Waals surface area contributed by atoms with Gasteiger partial charge in [-0.25, -0.2) is 10.2 Å². The molecule has 42 heavy (non-hydrogen) atoms. The molecule has 0 spiro atoms. The lowest BCUT2D eigenvalue weighted by Crippen LogP contribution is -2.41. The van der Waals surface area contributed by atoms with E-state index in [0.717, 1.165) is 18.7 Å². The predicted molar refractivity (Wildman–Crippen MR) is 167 cm³/mol. The molecule has 0 aliphatic heterocycles. The summed E-state index contributed by atoms with van der Waals surface area (Å²) in [6.45, 7) is 12.8. The van der Waals surface area contributed by atoms with Gasteiger partial charge in [0.05, 0.1) is 10.9 Å². The Morgan fingerprint density at radius 1 is 0.929 bits per heavy atom. The van der Waals surface area contributed by atoms with Crippen LogP contribution in [0.2, 0.25) is 0 Å². The van der Waals surface area contributed by atoms with Crippen molar-refractivity contribution in [3.8, 4) is 5.75 Å². The number of hydrazone groups is 1. The number of fused-ring (bicyclic) bond motifs is 1. The number of pyridine rings is 1. The highest BCUT2D eigenvalue weighted by atomic mass is 16.4. The number of hydrogen-bond acceptors (Lipinski definition) is 7. The van der Waals surface area contributed by atoms with Gasteiger partial charge in [-0.05, 0) is 48.6 Å². The van der Waals surface area contributed by atoms with Crippen LogP contribution in [0.1, 0.15) is 62.0 Å². The minimum Gasteiger partial charge on any atom is -0.507 e. The third-order valence-corrected chi connectivity index (χ3v) is 7.21. The lowest BCUT2D eigenvalue weighted by atomic mass is 9.78. The van der Waals surface area contributed by atoms with Crippen LogP contribution in [0, 0.1) is 17.8 Å². The number of para-hydroxylation sites is 1. The van der Waals surface area contributed by atoms with Gasteiger partial charge >= 0.3 is 5.63 Å². The Hall–Kier alpha value is -4.30. The molecule has 0 aliphatic rings. The van der Waals surface area contributed by atoms with Crippen molar-refractivity contribution in [2.24, 2.45) is 22.9 Å². The lowest BCUT2D eigenvalue weighted by molar-refractivity contribution is 0.0954. The van der Waals surface area contributed by atoms with Gasteiger partial charge in [-0.1, -0.05) is 70.2 Å². The summed E-state index contributed by atoms with van der Waals surface area (Å²) in [5.74, 6) is -0.646. The average Bonchev–Trinajstić information content (AvgIpc) is 2.97. The first-order valence-corrected chi connectivity index (χ1v) is 14.4. The Bertz CT molecular complexity index is 1560. The molecule has 0 unspecified atom stereocenters. The Labute approximate surface area is 247 Å². The molecule has 0 aliphatic carbocycles. The minimum atomic E-state index is -0.601. The monoisotopic (exact) mass is 568 g/mol. The lowest BCUT2D eigenvalue weighted by Gasteiger charge is -2.34. The number of carbonyl (C=O) groups is 1. The Kier molecular flexibility index (Phi) is 10.3. The van der Waals surface area contributed by atoms with E-state index in [0.29, 0.717) is 40.6 Å². The molecule has 2 N–H and O–H groups in total. The van der Waals surface area contributed by atoms with Gasteiger partial charge in [0.15, 0.2) is 0 Å². The fourth-order valence-corrected chi connectivity index (χ4v) is 5.49. The zero-order chi connectivity index (χ0) is 30.2. The maximum absolute atomic E-state index is 13.6. The highest BCUT2D eigenvalue weighted by Gasteiger charge is 2.35. The van der Waals surface area contributed by atoms with Crippen molar-refractivity contribution in [2.75, 3.05) is 19.6 Å². The van der Waals surface area contributed by atoms with Gasteiger partial charge < -0.3 is 14.4 Å². The van der Waals surface area contributed by atoms with Gasteiger partial charge in [-0.3, -0.25) is 9.78 Å². The second kappa shape index (κ2) is 14.0. The van der Waals surface area contributed by atoms with E-state index in [9.17, 15) is 14.7 Å². The number of benzene rings is 2. The van der Waals surface area contributed by atoms with Crippen molar-refractivity contribution in [1.82, 2.24) is 15.3 Å². The molecule has 0 saturated heterocycles. The summed E-state index contributed by atoms with van der Waals surface area (Å²) >= 11 is 0. The van der Waals surface area contributed by atoms with E-state index in [1.54, 1.807) is 48.8 Å². The summed E-state index contributed by atoms with van der Waals surface area (Å²) in [6.07, 6.45) is 3.11. The molecule has 0 saturated carbocycles. The summed E-state index contributed by atoms with van der Waals surface area (Å²) in [5.41, 5.74) is 4.48. The molecular weight excluding hydrogens is 528 g/mol. The van der Waals surface area contributed by atoms with Crippen LogP contribution >= 0.6 is 0 Å². The van der Waals surface area contributed by atoms with Crippen LogP contribution in [-0.4, -0.2) is 46.2 Å². The normalized spacial score (nSPS) is 13.6. The number of rotatable bonds is 12. The fraction of sp³-hybridized carbons (Fsp3) is 0.353. The maximum atomic E-state index is 13.6. The summed E-state index contributed by atoms with van der Waals surface area (Å²) in [7, 11) is 0. The van der Waals surface area contributed by atoms with Crippen molar-refractivity contribution < 1.29 is 14.3 Å². The van der Waals surface area contributed by atoms with Gasteiger partial charge in [-0.15, -0.1) is 0 Å². The van der Waals surface area contributed by atoms with Crippen molar-refractivity contribution in [3.05, 3.63) is 106 Å². The number of aromatic nitrogens is 1. The second-order valence-electron chi connectivity index (χ2n) is 11.6. The van der Waals surface area contributed by atoms with E-state index in [2.05, 4.69) is 48.1 Å². The van der Waals surface area contributed by atoms with Crippen molar-refractivity contribution in [1.29, 1.82) is 0 Å². The predicted octanol–water partition coefficient (Wildman–Crippen LogP) is 6.06. The van der Waals surface area contributed by atoms with Crippen LogP contribution in [-0.2, 0) is 0 Å². The average molecular weight is 569 g/mol. The number of nitrogens with one attached hydrogen (secondary N) is 1. The molecule has 8 nitrogen and oxygen atoms in total. The molecule has 2 atom stereocenters. The number of hydrogen-bond donors (Lipinski definition) is 2. The molecule has 220 valence electrons. The van der Waals surface area contributed by atoms with E-state index in [-0.39, 0.29) is 17.2 Å². The topological polar surface area (TPSA) is 108 Å². The number of nitrogens with zero attached hydrogens (tertiary/aromatic N) is 3. The van der Waals surface area contributed by atoms with E-state index in [1.807, 2.05) is 37.3 Å². The maximum Gasteiger partial charge on any atom is 0.343 e. The summed E-state index contributed by atoms with van der Waals surface area (Å²) in [6, 6.07) is 19.9. The van der Waals surface area contributed by atoms with Crippen LogP contribution in [0.4, 0.5) is 0 Å². The van der Waals surface area contributed by atoms with Crippen LogP contribution in [0.5, 0.6) is 5.75 Å². The first-order valence-electron chi connectivity index (χ1n) is 14.4. The number of aromatic hydroxyl groups is 1. The molecule has 4 aromatic rings. The largest absolute Gasteiger partial charge is 0.507 e. The minimum absolute atomic E-state index is 0.103. The van der Waals surface area contributed by atoms with Crippen LogP contribution in [0.3, 0.4) is 0 Å². The molecule has 4 rings (SSSR count). The Morgan fingerprint density at radius 2 is 1.55 bits per heavy atom. The zero-order valence-corrected chi connectivity index (χ0v) is 24.9. The first-order chi connectivity index (χ1) is 20.2. The molecule has 2 aromatic carbocycles.